The van der Waals surface area contributed by atoms with Crippen molar-refractivity contribution in [3.8, 4) is 11.5 Å². The van der Waals surface area contributed by atoms with Gasteiger partial charge in [0, 0.05) is 24.5 Å². The zero-order chi connectivity index (χ0) is 24.8. The molecule has 2 heterocycles. The molecule has 3 aromatic rings. The number of ether oxygens (including phenoxy) is 2. The first-order chi connectivity index (χ1) is 17.0. The van der Waals surface area contributed by atoms with E-state index in [4.69, 9.17) is 9.47 Å². The Morgan fingerprint density at radius 2 is 1.66 bits per heavy atom. The molecule has 1 saturated heterocycles. The number of aliphatic hydroxyl groups is 1. The van der Waals surface area contributed by atoms with Crippen molar-refractivity contribution in [3.63, 3.8) is 0 Å². The number of carbonyl (C=O) groups is 2. The van der Waals surface area contributed by atoms with Crippen molar-refractivity contribution < 1.29 is 24.2 Å². The van der Waals surface area contributed by atoms with Crippen molar-refractivity contribution in [1.29, 1.82) is 0 Å². The van der Waals surface area contributed by atoms with Crippen molar-refractivity contribution in [2.45, 2.75) is 32.9 Å². The summed E-state index contributed by atoms with van der Waals surface area (Å²) < 4.78 is 11.2. The fraction of sp³-hybridized carbons (Fsp3) is 0.250. The fourth-order valence-corrected chi connectivity index (χ4v) is 4.08. The minimum atomic E-state index is -0.762. The van der Waals surface area contributed by atoms with E-state index in [9.17, 15) is 14.7 Å². The Labute approximate surface area is 204 Å². The normalized spacial score (nSPS) is 17.0. The van der Waals surface area contributed by atoms with Crippen molar-refractivity contribution in [3.05, 3.63) is 95.3 Å². The molecule has 0 aliphatic carbocycles. The van der Waals surface area contributed by atoms with E-state index < -0.39 is 17.7 Å². The van der Waals surface area contributed by atoms with Gasteiger partial charge in [0.25, 0.3) is 11.7 Å². The second kappa shape index (κ2) is 10.9. The van der Waals surface area contributed by atoms with Crippen LogP contribution in [0.25, 0.3) is 5.76 Å². The molecule has 7 nitrogen and oxygen atoms in total. The van der Waals surface area contributed by atoms with Gasteiger partial charge in [0.1, 0.15) is 17.3 Å². The van der Waals surface area contributed by atoms with Gasteiger partial charge in [-0.25, -0.2) is 0 Å². The maximum absolute atomic E-state index is 13.2. The number of rotatable bonds is 9. The molecule has 1 atom stereocenters. The lowest BCUT2D eigenvalue weighted by Crippen LogP contribution is -2.29. The zero-order valence-electron chi connectivity index (χ0n) is 19.8. The van der Waals surface area contributed by atoms with Crippen LogP contribution in [0, 0.1) is 0 Å². The van der Waals surface area contributed by atoms with Gasteiger partial charge in [0.15, 0.2) is 0 Å². The summed E-state index contributed by atoms with van der Waals surface area (Å²) >= 11 is 0. The van der Waals surface area contributed by atoms with E-state index in [2.05, 4.69) is 4.98 Å². The summed E-state index contributed by atoms with van der Waals surface area (Å²) in [4.78, 5) is 32.0. The molecule has 0 spiro atoms. The Balaban J connectivity index is 1.77. The highest BCUT2D eigenvalue weighted by Gasteiger charge is 2.46. The number of pyridine rings is 1. The van der Waals surface area contributed by atoms with Gasteiger partial charge in [-0.15, -0.1) is 0 Å². The first-order valence-corrected chi connectivity index (χ1v) is 11.7. The molecule has 4 rings (SSSR count). The van der Waals surface area contributed by atoms with E-state index in [1.54, 1.807) is 42.7 Å². The lowest BCUT2D eigenvalue weighted by Gasteiger charge is -2.25. The van der Waals surface area contributed by atoms with Gasteiger partial charge in [0.2, 0.25) is 0 Å². The summed E-state index contributed by atoms with van der Waals surface area (Å²) in [5, 5.41) is 11.2. The van der Waals surface area contributed by atoms with Crippen molar-refractivity contribution >= 4 is 17.4 Å². The van der Waals surface area contributed by atoms with Crippen LogP contribution in [0.15, 0.2) is 78.6 Å². The number of aliphatic hydroxyl groups excluding tert-OH is 1. The lowest BCUT2D eigenvalue weighted by atomic mass is 9.95. The van der Waals surface area contributed by atoms with Crippen LogP contribution in [0.1, 0.15) is 43.0 Å². The number of nitrogens with zero attached hydrogens (tertiary/aromatic N) is 2. The van der Waals surface area contributed by atoms with E-state index >= 15 is 0 Å². The predicted octanol–water partition coefficient (Wildman–Crippen LogP) is 4.89. The summed E-state index contributed by atoms with van der Waals surface area (Å²) in [5.41, 5.74) is 1.96. The van der Waals surface area contributed by atoms with Crippen molar-refractivity contribution in [2.24, 2.45) is 0 Å². The van der Waals surface area contributed by atoms with Gasteiger partial charge in [-0.3, -0.25) is 14.6 Å². The minimum Gasteiger partial charge on any atom is -0.507 e. The smallest absolute Gasteiger partial charge is 0.295 e. The number of benzene rings is 2. The molecule has 1 amide bonds. The fourth-order valence-electron chi connectivity index (χ4n) is 4.08. The molecule has 1 fully saturated rings. The molecule has 1 aromatic heterocycles. The number of likely N-dealkylation sites (tertiary alicyclic amines) is 1. The standard InChI is InChI=1S/C28H28N2O5/c1-3-16-35-23-11-7-20(8-12-23)25-24(26(31)21-9-13-22(14-10-21)34-4-2)27(32)28(33)30(25)18-19-6-5-15-29-17-19/h5-15,17,25,31H,3-4,16,18H2,1-2H3/t25-/m0/s1. The van der Waals surface area contributed by atoms with Crippen molar-refractivity contribution in [1.82, 2.24) is 9.88 Å². The minimum absolute atomic E-state index is 0.0466. The molecule has 2 aromatic carbocycles. The Kier molecular flexibility index (Phi) is 7.45. The van der Waals surface area contributed by atoms with Gasteiger partial charge in [-0.1, -0.05) is 25.1 Å². The summed E-state index contributed by atoms with van der Waals surface area (Å²) in [6, 6.07) is 16.9. The number of ketones is 1. The number of Topliss-reactive ketones (excluding diaryl/α,β-unsaturated/α-hetero) is 1. The zero-order valence-corrected chi connectivity index (χ0v) is 19.8. The monoisotopic (exact) mass is 472 g/mol. The maximum atomic E-state index is 13.2. The Morgan fingerprint density at radius 3 is 2.29 bits per heavy atom. The number of amides is 1. The van der Waals surface area contributed by atoms with Crippen LogP contribution in [0.3, 0.4) is 0 Å². The highest BCUT2D eigenvalue weighted by Crippen LogP contribution is 2.40. The molecular formula is C28H28N2O5. The number of carbonyl (C=O) groups excluding carboxylic acids is 2. The topological polar surface area (TPSA) is 89.0 Å². The van der Waals surface area contributed by atoms with E-state index in [-0.39, 0.29) is 17.9 Å². The van der Waals surface area contributed by atoms with Crippen LogP contribution in [0.2, 0.25) is 0 Å². The molecule has 35 heavy (non-hydrogen) atoms. The molecule has 0 unspecified atom stereocenters. The highest BCUT2D eigenvalue weighted by molar-refractivity contribution is 6.46. The average molecular weight is 473 g/mol. The maximum Gasteiger partial charge on any atom is 0.295 e. The first-order valence-electron chi connectivity index (χ1n) is 11.7. The van der Waals surface area contributed by atoms with Gasteiger partial charge in [-0.2, -0.15) is 0 Å². The number of hydrogen-bond donors (Lipinski definition) is 1. The average Bonchev–Trinajstić information content (AvgIpc) is 3.13. The largest absolute Gasteiger partial charge is 0.507 e. The number of hydrogen-bond acceptors (Lipinski definition) is 6. The highest BCUT2D eigenvalue weighted by atomic mass is 16.5. The van der Waals surface area contributed by atoms with E-state index in [1.807, 2.05) is 44.2 Å². The molecule has 0 saturated carbocycles. The summed E-state index contributed by atoms with van der Waals surface area (Å²) in [6.45, 7) is 5.20. The van der Waals surface area contributed by atoms with Crippen molar-refractivity contribution in [2.75, 3.05) is 13.2 Å². The Hall–Kier alpha value is -4.13. The van der Waals surface area contributed by atoms with E-state index in [0.29, 0.717) is 35.8 Å². The second-order valence-corrected chi connectivity index (χ2v) is 8.16. The molecule has 1 aliphatic heterocycles. The molecule has 0 radical (unpaired) electrons. The third kappa shape index (κ3) is 5.19. The van der Waals surface area contributed by atoms with E-state index in [0.717, 1.165) is 12.0 Å². The summed E-state index contributed by atoms with van der Waals surface area (Å²) in [5.74, 6) is -0.266. The second-order valence-electron chi connectivity index (χ2n) is 8.16. The van der Waals surface area contributed by atoms with Crippen LogP contribution >= 0.6 is 0 Å². The summed E-state index contributed by atoms with van der Waals surface area (Å²) in [7, 11) is 0. The number of aromatic nitrogens is 1. The quantitative estimate of drug-likeness (QED) is 0.271. The Morgan fingerprint density at radius 1 is 0.971 bits per heavy atom. The van der Waals surface area contributed by atoms with Crippen LogP contribution in [-0.2, 0) is 16.1 Å². The molecule has 1 N–H and O–H groups in total. The molecule has 1 aliphatic rings. The molecule has 7 heteroatoms. The van der Waals surface area contributed by atoms with Crippen LogP contribution in [0.5, 0.6) is 11.5 Å². The van der Waals surface area contributed by atoms with Crippen LogP contribution in [-0.4, -0.2) is 39.9 Å². The predicted molar refractivity (Wildman–Crippen MR) is 132 cm³/mol. The Bertz CT molecular complexity index is 1200. The molecular weight excluding hydrogens is 444 g/mol. The lowest BCUT2D eigenvalue weighted by molar-refractivity contribution is -0.140. The van der Waals surface area contributed by atoms with Gasteiger partial charge < -0.3 is 19.5 Å². The molecule has 0 bridgehead atoms. The first kappa shape index (κ1) is 24.0. The van der Waals surface area contributed by atoms with E-state index in [1.165, 1.54) is 4.90 Å². The third-order valence-corrected chi connectivity index (χ3v) is 5.72. The van der Waals surface area contributed by atoms with Gasteiger partial charge >= 0.3 is 0 Å². The van der Waals surface area contributed by atoms with Crippen LogP contribution in [0.4, 0.5) is 0 Å². The SMILES string of the molecule is CCCOc1ccc([C@H]2C(=C(O)c3ccc(OCC)cc3)C(=O)C(=O)N2Cc2cccnc2)cc1. The summed E-state index contributed by atoms with van der Waals surface area (Å²) in [6.07, 6.45) is 4.19. The third-order valence-electron chi connectivity index (χ3n) is 5.72. The molecule has 180 valence electrons. The van der Waals surface area contributed by atoms with Crippen LogP contribution < -0.4 is 9.47 Å². The van der Waals surface area contributed by atoms with Gasteiger partial charge in [-0.05, 0) is 66.9 Å². The van der Waals surface area contributed by atoms with Gasteiger partial charge in [0.05, 0.1) is 24.8 Å².